The van der Waals surface area contributed by atoms with Crippen LogP contribution in [0.3, 0.4) is 0 Å². The number of para-hydroxylation sites is 2. The first-order chi connectivity index (χ1) is 24.0. The molecule has 0 bridgehead atoms. The largest absolute Gasteiger partial charge is 0.455 e. The Labute approximate surface area is 242 Å². The predicted molar refractivity (Wildman–Crippen MR) is 165 cm³/mol. The third-order valence-electron chi connectivity index (χ3n) is 7.06. The Bertz CT molecular complexity index is 2710. The molecule has 0 aliphatic heterocycles. The highest BCUT2D eigenvalue weighted by Gasteiger charge is 2.20. The first-order valence-electron chi connectivity index (χ1n) is 18.0. The van der Waals surface area contributed by atoms with Gasteiger partial charge in [-0.15, -0.1) is 0 Å². The monoisotopic (exact) mass is 507 g/mol. The maximum absolute atomic E-state index is 9.42. The van der Waals surface area contributed by atoms with Crippen LogP contribution in [-0.2, 0) is 0 Å². The molecule has 0 atom stereocenters. The van der Waals surface area contributed by atoms with Crippen LogP contribution in [-0.4, -0.2) is 0 Å². The van der Waals surface area contributed by atoms with Gasteiger partial charge in [0.2, 0.25) is 0 Å². The van der Waals surface area contributed by atoms with Crippen LogP contribution in [0.25, 0.3) is 76.9 Å². The van der Waals surface area contributed by atoms with Crippen LogP contribution in [0, 0.1) is 0 Å². The fourth-order valence-corrected chi connectivity index (χ4v) is 5.39. The van der Waals surface area contributed by atoms with E-state index in [1.165, 1.54) is 0 Å². The lowest BCUT2D eigenvalue weighted by Gasteiger charge is -2.18. The Hall–Kier alpha value is -5.14. The molecule has 0 amide bonds. The fourth-order valence-electron chi connectivity index (χ4n) is 5.39. The standard InChI is InChI=1S/C38H24O/c1-2-12-25(13-3-1)26-14-10-15-27(24-26)36-29-17-4-6-19-31(29)37(32-20-7-5-18-30(32)36)34-22-11-21-33-28-16-8-9-23-35(28)39-38(33)34/h1-24H/i8D,9D,10D,11D,14D,15D,16D,21D,22D,23D,24D. The molecule has 1 aromatic heterocycles. The number of hydrogen-bond acceptors (Lipinski definition) is 1. The van der Waals surface area contributed by atoms with Gasteiger partial charge >= 0.3 is 0 Å². The lowest BCUT2D eigenvalue weighted by atomic mass is 9.85. The fraction of sp³-hybridized carbons (Fsp3) is 0. The van der Waals surface area contributed by atoms with Crippen LogP contribution in [0.2, 0.25) is 0 Å². The lowest BCUT2D eigenvalue weighted by molar-refractivity contribution is 0.670. The molecule has 0 fully saturated rings. The summed E-state index contributed by atoms with van der Waals surface area (Å²) in [7, 11) is 0. The first-order valence-corrected chi connectivity index (χ1v) is 12.5. The second-order valence-electron chi connectivity index (χ2n) is 9.22. The second kappa shape index (κ2) is 8.72. The number of fused-ring (bicyclic) bond motifs is 5. The van der Waals surface area contributed by atoms with Gasteiger partial charge in [-0.25, -0.2) is 0 Å². The Morgan fingerprint density at radius 1 is 0.436 bits per heavy atom. The van der Waals surface area contributed by atoms with E-state index in [4.69, 9.17) is 16.8 Å². The van der Waals surface area contributed by atoms with Gasteiger partial charge in [-0.2, -0.15) is 0 Å². The average Bonchev–Trinajstić information content (AvgIpc) is 3.53. The van der Waals surface area contributed by atoms with Gasteiger partial charge in [0.05, 0.1) is 15.1 Å². The molecule has 8 aromatic rings. The van der Waals surface area contributed by atoms with Crippen molar-refractivity contribution in [1.82, 2.24) is 0 Å². The van der Waals surface area contributed by atoms with Gasteiger partial charge in [0.1, 0.15) is 11.2 Å². The maximum atomic E-state index is 9.42. The van der Waals surface area contributed by atoms with E-state index in [0.717, 1.165) is 0 Å². The SMILES string of the molecule is [2H]c1c([2H])c(-c2ccccc2)c([2H])c(-c2c3ccccc3c(-c3c([2H])c([2H])c([2H])c4c3oc3c([2H])c([2H])c([2H])c([2H])c34)c3ccccc23)c1[2H]. The summed E-state index contributed by atoms with van der Waals surface area (Å²) in [5.41, 5.74) is 1.80. The van der Waals surface area contributed by atoms with Crippen molar-refractivity contribution >= 4 is 43.5 Å². The number of hydrogen-bond donors (Lipinski definition) is 0. The van der Waals surface area contributed by atoms with Crippen molar-refractivity contribution in [2.75, 3.05) is 0 Å². The van der Waals surface area contributed by atoms with Gasteiger partial charge < -0.3 is 4.42 Å². The van der Waals surface area contributed by atoms with E-state index in [2.05, 4.69) is 0 Å². The third kappa shape index (κ3) is 3.41. The van der Waals surface area contributed by atoms with Gasteiger partial charge in [-0.05, 0) is 55.9 Å². The van der Waals surface area contributed by atoms with E-state index in [1.807, 2.05) is 18.2 Å². The summed E-state index contributed by atoms with van der Waals surface area (Å²) >= 11 is 0. The summed E-state index contributed by atoms with van der Waals surface area (Å²) in [5.74, 6) is 0. The number of rotatable bonds is 3. The number of furan rings is 1. The minimum atomic E-state index is -0.508. The van der Waals surface area contributed by atoms with Crippen LogP contribution in [0.15, 0.2) is 150 Å². The molecule has 0 N–H and O–H groups in total. The van der Waals surface area contributed by atoms with Crippen molar-refractivity contribution in [2.24, 2.45) is 0 Å². The van der Waals surface area contributed by atoms with E-state index < -0.39 is 36.3 Å². The summed E-state index contributed by atoms with van der Waals surface area (Å²) < 4.78 is 103. The van der Waals surface area contributed by atoms with Gasteiger partial charge in [0.25, 0.3) is 0 Å². The topological polar surface area (TPSA) is 13.1 Å². The molecule has 0 spiro atoms. The molecule has 0 saturated heterocycles. The van der Waals surface area contributed by atoms with Crippen LogP contribution in [0.1, 0.15) is 15.1 Å². The molecule has 1 heteroatoms. The molecule has 1 heterocycles. The summed E-state index contributed by atoms with van der Waals surface area (Å²) in [6.07, 6.45) is 0. The maximum Gasteiger partial charge on any atom is 0.143 e. The highest BCUT2D eigenvalue weighted by atomic mass is 16.3. The summed E-state index contributed by atoms with van der Waals surface area (Å²) in [6, 6.07) is 19.3. The third-order valence-corrected chi connectivity index (χ3v) is 7.06. The van der Waals surface area contributed by atoms with Crippen molar-refractivity contribution < 1.29 is 19.5 Å². The van der Waals surface area contributed by atoms with Crippen LogP contribution in [0.4, 0.5) is 0 Å². The van der Waals surface area contributed by atoms with Crippen molar-refractivity contribution in [1.29, 1.82) is 0 Å². The van der Waals surface area contributed by atoms with E-state index in [0.29, 0.717) is 38.2 Å². The molecular weight excluding hydrogens is 472 g/mol. The molecular formula is C38H24O. The second-order valence-corrected chi connectivity index (χ2v) is 9.22. The van der Waals surface area contributed by atoms with E-state index in [-0.39, 0.29) is 68.8 Å². The van der Waals surface area contributed by atoms with Crippen LogP contribution >= 0.6 is 0 Å². The summed E-state index contributed by atoms with van der Waals surface area (Å²) in [5, 5.41) is 2.19. The average molecular weight is 508 g/mol. The van der Waals surface area contributed by atoms with Gasteiger partial charge in [0.15, 0.2) is 0 Å². The lowest BCUT2D eigenvalue weighted by Crippen LogP contribution is -1.91. The highest BCUT2D eigenvalue weighted by molar-refractivity contribution is 6.24. The molecule has 39 heavy (non-hydrogen) atoms. The molecule has 7 aromatic carbocycles. The molecule has 0 aliphatic rings. The van der Waals surface area contributed by atoms with Crippen molar-refractivity contribution in [3.63, 3.8) is 0 Å². The van der Waals surface area contributed by atoms with E-state index in [1.54, 1.807) is 60.7 Å². The minimum absolute atomic E-state index is 0.000451. The summed E-state index contributed by atoms with van der Waals surface area (Å²) in [6.45, 7) is 0. The Morgan fingerprint density at radius 2 is 1.03 bits per heavy atom. The molecule has 0 radical (unpaired) electrons. The quantitative estimate of drug-likeness (QED) is 0.217. The Balaban J connectivity index is 1.59. The van der Waals surface area contributed by atoms with Gasteiger partial charge in [-0.1, -0.05) is 133 Å². The normalized spacial score (nSPS) is 15.5. The minimum Gasteiger partial charge on any atom is -0.455 e. The molecule has 1 nitrogen and oxygen atoms in total. The molecule has 0 saturated carbocycles. The first kappa shape index (κ1) is 13.6. The van der Waals surface area contributed by atoms with Gasteiger partial charge in [0, 0.05) is 21.9 Å². The molecule has 0 aliphatic carbocycles. The highest BCUT2D eigenvalue weighted by Crippen LogP contribution is 2.46. The summed E-state index contributed by atoms with van der Waals surface area (Å²) in [4.78, 5) is 0. The zero-order chi connectivity index (χ0) is 35.3. The molecule has 8 rings (SSSR count). The van der Waals surface area contributed by atoms with E-state index >= 15 is 0 Å². The Morgan fingerprint density at radius 3 is 1.77 bits per heavy atom. The van der Waals surface area contributed by atoms with Crippen molar-refractivity contribution in [3.05, 3.63) is 145 Å². The number of benzene rings is 7. The van der Waals surface area contributed by atoms with Gasteiger partial charge in [-0.3, -0.25) is 0 Å². The zero-order valence-corrected chi connectivity index (χ0v) is 20.4. The molecule has 182 valence electrons. The predicted octanol–water partition coefficient (Wildman–Crippen LogP) is 10.9. The molecule has 0 unspecified atom stereocenters. The van der Waals surface area contributed by atoms with Crippen LogP contribution in [0.5, 0.6) is 0 Å². The van der Waals surface area contributed by atoms with Crippen LogP contribution < -0.4 is 0 Å². The smallest absolute Gasteiger partial charge is 0.143 e. The zero-order valence-electron chi connectivity index (χ0n) is 31.4. The van der Waals surface area contributed by atoms with E-state index in [9.17, 15) is 2.74 Å². The Kier molecular flexibility index (Phi) is 3.04. The van der Waals surface area contributed by atoms with Crippen molar-refractivity contribution in [3.8, 4) is 33.4 Å². The van der Waals surface area contributed by atoms with Crippen molar-refractivity contribution in [2.45, 2.75) is 0 Å².